The standard InChI is InChI=1S/C12H9NS/c1-8-4-5-10-9(7-8)12-11(14-10)3-2-6-13-12/h2-7H,1H3. The van der Waals surface area contributed by atoms with E-state index in [1.54, 1.807) is 0 Å². The van der Waals surface area contributed by atoms with Crippen molar-refractivity contribution < 1.29 is 0 Å². The van der Waals surface area contributed by atoms with E-state index < -0.39 is 0 Å². The molecule has 0 aliphatic rings. The van der Waals surface area contributed by atoms with Crippen LogP contribution >= 0.6 is 11.3 Å². The van der Waals surface area contributed by atoms with Gasteiger partial charge in [-0.15, -0.1) is 11.3 Å². The molecule has 0 atom stereocenters. The first-order valence-corrected chi connectivity index (χ1v) is 5.40. The molecule has 0 aliphatic carbocycles. The van der Waals surface area contributed by atoms with E-state index in [-0.39, 0.29) is 0 Å². The minimum atomic E-state index is 1.14. The Morgan fingerprint density at radius 2 is 2.07 bits per heavy atom. The minimum absolute atomic E-state index is 1.14. The van der Waals surface area contributed by atoms with Crippen LogP contribution in [-0.2, 0) is 0 Å². The number of benzene rings is 1. The van der Waals surface area contributed by atoms with Crippen LogP contribution in [0.3, 0.4) is 0 Å². The molecular formula is C12H9NS. The van der Waals surface area contributed by atoms with E-state index in [0.717, 1.165) is 5.52 Å². The molecule has 14 heavy (non-hydrogen) atoms. The summed E-state index contributed by atoms with van der Waals surface area (Å²) < 4.78 is 2.59. The fraction of sp³-hybridized carbons (Fsp3) is 0.0833. The summed E-state index contributed by atoms with van der Waals surface area (Å²) in [4.78, 5) is 4.42. The maximum Gasteiger partial charge on any atom is 0.0888 e. The van der Waals surface area contributed by atoms with Gasteiger partial charge in [0, 0.05) is 16.3 Å². The zero-order valence-corrected chi connectivity index (χ0v) is 8.64. The Morgan fingerprint density at radius 1 is 1.14 bits per heavy atom. The SMILES string of the molecule is Cc1ccc2sc3cccnc3c2c1. The molecule has 2 aromatic heterocycles. The average Bonchev–Trinajstić information content (AvgIpc) is 2.56. The molecule has 68 valence electrons. The molecule has 0 aliphatic heterocycles. The smallest absolute Gasteiger partial charge is 0.0888 e. The third kappa shape index (κ3) is 1.04. The van der Waals surface area contributed by atoms with Crippen molar-refractivity contribution in [1.29, 1.82) is 0 Å². The lowest BCUT2D eigenvalue weighted by Gasteiger charge is -1.92. The Hall–Kier alpha value is -1.41. The Balaban J connectivity index is 2.58. The molecule has 1 nitrogen and oxygen atoms in total. The van der Waals surface area contributed by atoms with Crippen LogP contribution in [0.2, 0.25) is 0 Å². The highest BCUT2D eigenvalue weighted by Gasteiger charge is 2.04. The molecule has 3 aromatic rings. The second kappa shape index (κ2) is 2.79. The van der Waals surface area contributed by atoms with Crippen molar-refractivity contribution in [2.45, 2.75) is 6.92 Å². The summed E-state index contributed by atoms with van der Waals surface area (Å²) in [5.74, 6) is 0. The van der Waals surface area contributed by atoms with Gasteiger partial charge in [-0.3, -0.25) is 4.98 Å². The molecule has 3 rings (SSSR count). The van der Waals surface area contributed by atoms with Crippen LogP contribution in [0.4, 0.5) is 0 Å². The van der Waals surface area contributed by atoms with Gasteiger partial charge in [-0.25, -0.2) is 0 Å². The fourth-order valence-electron chi connectivity index (χ4n) is 1.71. The number of aryl methyl sites for hydroxylation is 1. The highest BCUT2D eigenvalue weighted by atomic mass is 32.1. The maximum atomic E-state index is 4.42. The number of fused-ring (bicyclic) bond motifs is 3. The monoisotopic (exact) mass is 199 g/mol. The fourth-order valence-corrected chi connectivity index (χ4v) is 2.76. The van der Waals surface area contributed by atoms with E-state index >= 15 is 0 Å². The molecule has 1 aromatic carbocycles. The van der Waals surface area contributed by atoms with Crippen molar-refractivity contribution in [3.8, 4) is 0 Å². The van der Waals surface area contributed by atoms with Crippen LogP contribution in [0.1, 0.15) is 5.56 Å². The van der Waals surface area contributed by atoms with Gasteiger partial charge in [0.15, 0.2) is 0 Å². The van der Waals surface area contributed by atoms with Gasteiger partial charge in [0.2, 0.25) is 0 Å². The van der Waals surface area contributed by atoms with Crippen LogP contribution in [-0.4, -0.2) is 4.98 Å². The highest BCUT2D eigenvalue weighted by molar-refractivity contribution is 7.25. The molecule has 0 saturated carbocycles. The van der Waals surface area contributed by atoms with Crippen molar-refractivity contribution >= 4 is 31.6 Å². The average molecular weight is 199 g/mol. The molecular weight excluding hydrogens is 190 g/mol. The predicted octanol–water partition coefficient (Wildman–Crippen LogP) is 3.76. The first-order chi connectivity index (χ1) is 6.84. The second-order valence-corrected chi connectivity index (χ2v) is 4.54. The zero-order chi connectivity index (χ0) is 9.54. The lowest BCUT2D eigenvalue weighted by atomic mass is 10.2. The summed E-state index contributed by atoms with van der Waals surface area (Å²) >= 11 is 1.81. The van der Waals surface area contributed by atoms with Gasteiger partial charge in [-0.1, -0.05) is 11.6 Å². The highest BCUT2D eigenvalue weighted by Crippen LogP contribution is 2.32. The van der Waals surface area contributed by atoms with Crippen LogP contribution in [0.15, 0.2) is 36.5 Å². The third-order valence-corrected chi connectivity index (χ3v) is 3.51. The van der Waals surface area contributed by atoms with Gasteiger partial charge < -0.3 is 0 Å². The van der Waals surface area contributed by atoms with E-state index in [9.17, 15) is 0 Å². The molecule has 0 bridgehead atoms. The van der Waals surface area contributed by atoms with E-state index in [0.29, 0.717) is 0 Å². The normalized spacial score (nSPS) is 11.2. The van der Waals surface area contributed by atoms with Gasteiger partial charge >= 0.3 is 0 Å². The lowest BCUT2D eigenvalue weighted by Crippen LogP contribution is -1.73. The lowest BCUT2D eigenvalue weighted by molar-refractivity contribution is 1.43. The molecule has 2 heteroatoms. The van der Waals surface area contributed by atoms with E-state index in [4.69, 9.17) is 0 Å². The van der Waals surface area contributed by atoms with E-state index in [1.165, 1.54) is 20.3 Å². The van der Waals surface area contributed by atoms with Crippen LogP contribution in [0.25, 0.3) is 20.3 Å². The first-order valence-electron chi connectivity index (χ1n) is 4.58. The summed E-state index contributed by atoms with van der Waals surface area (Å²) in [7, 11) is 0. The van der Waals surface area contributed by atoms with Crippen molar-refractivity contribution in [3.05, 3.63) is 42.1 Å². The van der Waals surface area contributed by atoms with Gasteiger partial charge in [0.25, 0.3) is 0 Å². The van der Waals surface area contributed by atoms with Gasteiger partial charge in [0.05, 0.1) is 10.2 Å². The van der Waals surface area contributed by atoms with Crippen molar-refractivity contribution in [1.82, 2.24) is 4.98 Å². The Kier molecular flexibility index (Phi) is 1.58. The molecule has 0 amide bonds. The second-order valence-electron chi connectivity index (χ2n) is 3.45. The summed E-state index contributed by atoms with van der Waals surface area (Å²) in [6.07, 6.45) is 1.86. The third-order valence-electron chi connectivity index (χ3n) is 2.38. The summed E-state index contributed by atoms with van der Waals surface area (Å²) in [6, 6.07) is 10.7. The predicted molar refractivity (Wildman–Crippen MR) is 61.9 cm³/mol. The van der Waals surface area contributed by atoms with Crippen LogP contribution in [0, 0.1) is 6.92 Å². The van der Waals surface area contributed by atoms with Crippen LogP contribution in [0.5, 0.6) is 0 Å². The molecule has 0 spiro atoms. The number of rotatable bonds is 0. The number of hydrogen-bond donors (Lipinski definition) is 0. The van der Waals surface area contributed by atoms with Gasteiger partial charge in [0.1, 0.15) is 0 Å². The Bertz CT molecular complexity index is 610. The molecule has 0 fully saturated rings. The molecule has 0 saturated heterocycles. The number of hydrogen-bond acceptors (Lipinski definition) is 2. The number of pyridine rings is 1. The quantitative estimate of drug-likeness (QED) is 0.537. The Labute approximate surface area is 86.0 Å². The molecule has 0 radical (unpaired) electrons. The number of aromatic nitrogens is 1. The summed E-state index contributed by atoms with van der Waals surface area (Å²) in [6.45, 7) is 2.12. The van der Waals surface area contributed by atoms with E-state index in [2.05, 4.69) is 36.2 Å². The first kappa shape index (κ1) is 7.94. The van der Waals surface area contributed by atoms with Crippen molar-refractivity contribution in [3.63, 3.8) is 0 Å². The zero-order valence-electron chi connectivity index (χ0n) is 7.82. The summed E-state index contributed by atoms with van der Waals surface area (Å²) in [5.41, 5.74) is 2.43. The minimum Gasteiger partial charge on any atom is -0.255 e. The topological polar surface area (TPSA) is 12.9 Å². The van der Waals surface area contributed by atoms with Crippen molar-refractivity contribution in [2.75, 3.05) is 0 Å². The van der Waals surface area contributed by atoms with Gasteiger partial charge in [-0.05, 0) is 31.2 Å². The maximum absolute atomic E-state index is 4.42. The Morgan fingerprint density at radius 3 is 3.00 bits per heavy atom. The van der Waals surface area contributed by atoms with Crippen molar-refractivity contribution in [2.24, 2.45) is 0 Å². The van der Waals surface area contributed by atoms with Gasteiger partial charge in [-0.2, -0.15) is 0 Å². The summed E-state index contributed by atoms with van der Waals surface area (Å²) in [5, 5.41) is 1.28. The number of thiophene rings is 1. The number of nitrogens with zero attached hydrogens (tertiary/aromatic N) is 1. The largest absolute Gasteiger partial charge is 0.255 e. The van der Waals surface area contributed by atoms with Crippen LogP contribution < -0.4 is 0 Å². The molecule has 0 N–H and O–H groups in total. The van der Waals surface area contributed by atoms with E-state index in [1.807, 2.05) is 23.6 Å². The molecule has 0 unspecified atom stereocenters. The molecule has 2 heterocycles.